The van der Waals surface area contributed by atoms with Crippen LogP contribution in [0.15, 0.2) is 78.9 Å². The molecule has 0 spiro atoms. The number of carbonyl (C=O) groups is 3. The van der Waals surface area contributed by atoms with E-state index in [-0.39, 0.29) is 17.1 Å². The second-order valence-corrected chi connectivity index (χ2v) is 7.49. The van der Waals surface area contributed by atoms with Gasteiger partial charge in [0.2, 0.25) is 5.91 Å². The zero-order valence-electron chi connectivity index (χ0n) is 18.1. The molecule has 10 nitrogen and oxygen atoms in total. The lowest BCUT2D eigenvalue weighted by atomic mass is 9.82. The van der Waals surface area contributed by atoms with Crippen molar-refractivity contribution in [2.45, 2.75) is 5.54 Å². The molecule has 0 saturated carbocycles. The van der Waals surface area contributed by atoms with E-state index in [0.29, 0.717) is 11.1 Å². The molecule has 3 aromatic rings. The van der Waals surface area contributed by atoms with Crippen LogP contribution >= 0.6 is 0 Å². The lowest BCUT2D eigenvalue weighted by Gasteiger charge is -2.27. The van der Waals surface area contributed by atoms with Crippen LogP contribution < -0.4 is 15.4 Å². The predicted molar refractivity (Wildman–Crippen MR) is 122 cm³/mol. The van der Waals surface area contributed by atoms with Crippen molar-refractivity contribution >= 4 is 29.2 Å². The number of nitro benzene ring substituents is 1. The molecule has 1 heterocycles. The Morgan fingerprint density at radius 2 is 1.62 bits per heavy atom. The van der Waals surface area contributed by atoms with Gasteiger partial charge < -0.3 is 15.4 Å². The van der Waals surface area contributed by atoms with Crippen molar-refractivity contribution < 1.29 is 24.0 Å². The van der Waals surface area contributed by atoms with E-state index in [1.807, 2.05) is 0 Å². The Kier molecular flexibility index (Phi) is 5.96. The third kappa shape index (κ3) is 3.92. The molecular weight excluding hydrogens is 440 g/mol. The van der Waals surface area contributed by atoms with Gasteiger partial charge in [0.25, 0.3) is 11.6 Å². The van der Waals surface area contributed by atoms with Gasteiger partial charge in [0.05, 0.1) is 18.1 Å². The van der Waals surface area contributed by atoms with Crippen LogP contribution in [0, 0.1) is 10.1 Å². The van der Waals surface area contributed by atoms with Crippen molar-refractivity contribution in [3.63, 3.8) is 0 Å². The number of amides is 4. The molecule has 0 aromatic heterocycles. The molecule has 1 aliphatic rings. The van der Waals surface area contributed by atoms with Gasteiger partial charge in [0.1, 0.15) is 18.0 Å². The predicted octanol–water partition coefficient (Wildman–Crippen LogP) is 3.04. The maximum atomic E-state index is 13.6. The molecule has 0 radical (unpaired) electrons. The van der Waals surface area contributed by atoms with E-state index in [1.165, 1.54) is 25.3 Å². The largest absolute Gasteiger partial charge is 0.496 e. The van der Waals surface area contributed by atoms with Gasteiger partial charge in [-0.1, -0.05) is 60.7 Å². The van der Waals surface area contributed by atoms with Gasteiger partial charge in [-0.05, 0) is 23.3 Å². The standard InChI is InChI=1S/C24H20N4O6/c1-34-18-12-13-19(20(14-18)28(32)33)25-21(29)15-27-22(30)24(26-23(27)31,16-8-4-2-5-9-16)17-10-6-3-7-11-17/h2-14H,15H2,1H3,(H,25,29)(H,26,31). The van der Waals surface area contributed by atoms with Gasteiger partial charge in [-0.15, -0.1) is 0 Å². The Morgan fingerprint density at radius 3 is 2.15 bits per heavy atom. The SMILES string of the molecule is COc1ccc(NC(=O)CN2C(=O)NC(c3ccccc3)(c3ccccc3)C2=O)c([N+](=O)[O-])c1. The van der Waals surface area contributed by atoms with E-state index in [2.05, 4.69) is 10.6 Å². The van der Waals surface area contributed by atoms with Gasteiger partial charge in [0.15, 0.2) is 5.54 Å². The number of nitro groups is 1. The number of anilines is 1. The number of ether oxygens (including phenoxy) is 1. The molecule has 1 aliphatic heterocycles. The molecule has 0 bridgehead atoms. The lowest BCUT2D eigenvalue weighted by molar-refractivity contribution is -0.384. The van der Waals surface area contributed by atoms with Crippen molar-refractivity contribution in [2.24, 2.45) is 0 Å². The maximum absolute atomic E-state index is 13.6. The molecule has 4 rings (SSSR count). The summed E-state index contributed by atoms with van der Waals surface area (Å²) in [6, 6.07) is 20.6. The minimum Gasteiger partial charge on any atom is -0.496 e. The number of carbonyl (C=O) groups excluding carboxylic acids is 3. The highest BCUT2D eigenvalue weighted by molar-refractivity contribution is 6.12. The average Bonchev–Trinajstić information content (AvgIpc) is 3.11. The molecular formula is C24H20N4O6. The Bertz CT molecular complexity index is 1220. The van der Waals surface area contributed by atoms with Crippen LogP contribution in [0.4, 0.5) is 16.2 Å². The van der Waals surface area contributed by atoms with Gasteiger partial charge >= 0.3 is 6.03 Å². The first-order valence-electron chi connectivity index (χ1n) is 10.2. The second kappa shape index (κ2) is 9.02. The van der Waals surface area contributed by atoms with Gasteiger partial charge in [-0.2, -0.15) is 0 Å². The van der Waals surface area contributed by atoms with Crippen molar-refractivity contribution in [3.8, 4) is 5.75 Å². The van der Waals surface area contributed by atoms with Gasteiger partial charge in [-0.25, -0.2) is 4.79 Å². The highest BCUT2D eigenvalue weighted by Gasteiger charge is 2.54. The first-order chi connectivity index (χ1) is 16.4. The number of benzene rings is 3. The quantitative estimate of drug-likeness (QED) is 0.317. The van der Waals surface area contributed by atoms with E-state index in [9.17, 15) is 24.5 Å². The third-order valence-corrected chi connectivity index (χ3v) is 5.50. The fourth-order valence-electron chi connectivity index (χ4n) is 3.88. The number of methoxy groups -OCH3 is 1. The molecule has 0 atom stereocenters. The number of urea groups is 1. The summed E-state index contributed by atoms with van der Waals surface area (Å²) in [6.07, 6.45) is 0. The zero-order chi connectivity index (χ0) is 24.3. The van der Waals surface area contributed by atoms with Crippen molar-refractivity contribution in [3.05, 3.63) is 100 Å². The minimum absolute atomic E-state index is 0.0831. The highest BCUT2D eigenvalue weighted by atomic mass is 16.6. The van der Waals surface area contributed by atoms with Crippen LogP contribution in [-0.4, -0.2) is 41.3 Å². The van der Waals surface area contributed by atoms with E-state index in [4.69, 9.17) is 4.74 Å². The molecule has 172 valence electrons. The normalized spacial score (nSPS) is 14.4. The minimum atomic E-state index is -1.51. The van der Waals surface area contributed by atoms with E-state index < -0.39 is 34.9 Å². The van der Waals surface area contributed by atoms with Crippen molar-refractivity contribution in [1.29, 1.82) is 0 Å². The zero-order valence-corrected chi connectivity index (χ0v) is 18.1. The molecule has 3 aromatic carbocycles. The Labute approximate surface area is 194 Å². The first-order valence-corrected chi connectivity index (χ1v) is 10.2. The Balaban J connectivity index is 1.63. The molecule has 2 N–H and O–H groups in total. The fraction of sp³-hybridized carbons (Fsp3) is 0.125. The van der Waals surface area contributed by atoms with Crippen LogP contribution in [0.25, 0.3) is 0 Å². The highest BCUT2D eigenvalue weighted by Crippen LogP contribution is 2.36. The van der Waals surface area contributed by atoms with Gasteiger partial charge in [0, 0.05) is 0 Å². The number of rotatable bonds is 7. The lowest BCUT2D eigenvalue weighted by Crippen LogP contribution is -2.45. The van der Waals surface area contributed by atoms with Crippen LogP contribution in [-0.2, 0) is 15.1 Å². The number of imide groups is 1. The average molecular weight is 460 g/mol. The molecule has 4 amide bonds. The van der Waals surface area contributed by atoms with E-state index >= 15 is 0 Å². The molecule has 10 heteroatoms. The summed E-state index contributed by atoms with van der Waals surface area (Å²) in [4.78, 5) is 50.8. The molecule has 34 heavy (non-hydrogen) atoms. The van der Waals surface area contributed by atoms with Gasteiger partial charge in [-0.3, -0.25) is 24.6 Å². The summed E-state index contributed by atoms with van der Waals surface area (Å²) in [5.41, 5.74) is -0.902. The fourth-order valence-corrected chi connectivity index (χ4v) is 3.88. The van der Waals surface area contributed by atoms with E-state index in [0.717, 1.165) is 4.90 Å². The summed E-state index contributed by atoms with van der Waals surface area (Å²) in [5, 5.41) is 16.5. The first kappa shape index (κ1) is 22.5. The van der Waals surface area contributed by atoms with Crippen LogP contribution in [0.2, 0.25) is 0 Å². The van der Waals surface area contributed by atoms with Crippen LogP contribution in [0.3, 0.4) is 0 Å². The number of nitrogens with one attached hydrogen (secondary N) is 2. The summed E-state index contributed by atoms with van der Waals surface area (Å²) in [5.74, 6) is -1.16. The Morgan fingerprint density at radius 1 is 1.03 bits per heavy atom. The number of hydrogen-bond donors (Lipinski definition) is 2. The van der Waals surface area contributed by atoms with Crippen molar-refractivity contribution in [1.82, 2.24) is 10.2 Å². The molecule has 0 unspecified atom stereocenters. The molecule has 0 aliphatic carbocycles. The van der Waals surface area contributed by atoms with Crippen molar-refractivity contribution in [2.75, 3.05) is 19.0 Å². The summed E-state index contributed by atoms with van der Waals surface area (Å²) < 4.78 is 4.98. The molecule has 1 saturated heterocycles. The van der Waals surface area contributed by atoms with E-state index in [1.54, 1.807) is 60.7 Å². The number of hydrogen-bond acceptors (Lipinski definition) is 6. The summed E-state index contributed by atoms with van der Waals surface area (Å²) in [6.45, 7) is -0.630. The van der Waals surface area contributed by atoms with Crippen LogP contribution in [0.5, 0.6) is 5.75 Å². The second-order valence-electron chi connectivity index (χ2n) is 7.49. The third-order valence-electron chi connectivity index (χ3n) is 5.50. The number of nitrogens with zero attached hydrogens (tertiary/aromatic N) is 2. The topological polar surface area (TPSA) is 131 Å². The summed E-state index contributed by atoms with van der Waals surface area (Å²) >= 11 is 0. The maximum Gasteiger partial charge on any atom is 0.326 e. The molecule has 1 fully saturated rings. The monoisotopic (exact) mass is 460 g/mol. The van der Waals surface area contributed by atoms with Crippen LogP contribution in [0.1, 0.15) is 11.1 Å². The summed E-state index contributed by atoms with van der Waals surface area (Å²) in [7, 11) is 1.36. The smallest absolute Gasteiger partial charge is 0.326 e. The Hall–Kier alpha value is -4.73.